The van der Waals surface area contributed by atoms with Crippen LogP contribution >= 0.6 is 0 Å². The van der Waals surface area contributed by atoms with E-state index >= 15 is 0 Å². The molecule has 1 heterocycles. The van der Waals surface area contributed by atoms with E-state index in [0.717, 1.165) is 0 Å². The molecule has 6 heteroatoms. The number of rotatable bonds is 4. The standard InChI is InChI=1S/C14H20N2O4/c1-17-10-8-11(18-2)13(12(9-10)19-3)14(15)16-4-6-20-7-5-16/h8-9,15H,4-7H2,1-3H3. The van der Waals surface area contributed by atoms with Crippen LogP contribution in [0.1, 0.15) is 5.56 Å². The molecule has 110 valence electrons. The summed E-state index contributed by atoms with van der Waals surface area (Å²) in [5.74, 6) is 2.15. The first-order valence-corrected chi connectivity index (χ1v) is 6.43. The van der Waals surface area contributed by atoms with Crippen LogP contribution in [0.5, 0.6) is 17.2 Å². The van der Waals surface area contributed by atoms with E-state index in [1.165, 1.54) is 0 Å². The van der Waals surface area contributed by atoms with E-state index in [2.05, 4.69) is 0 Å². The Morgan fingerprint density at radius 1 is 1.05 bits per heavy atom. The third-order valence-corrected chi connectivity index (χ3v) is 3.28. The summed E-state index contributed by atoms with van der Waals surface area (Å²) in [4.78, 5) is 1.95. The zero-order valence-electron chi connectivity index (χ0n) is 12.1. The summed E-state index contributed by atoms with van der Waals surface area (Å²) in [6, 6.07) is 3.51. The highest BCUT2D eigenvalue weighted by molar-refractivity contribution is 6.02. The summed E-state index contributed by atoms with van der Waals surface area (Å²) in [5, 5.41) is 8.41. The van der Waals surface area contributed by atoms with Gasteiger partial charge in [-0.15, -0.1) is 0 Å². The van der Waals surface area contributed by atoms with Gasteiger partial charge in [0.2, 0.25) is 0 Å². The smallest absolute Gasteiger partial charge is 0.137 e. The molecule has 6 nitrogen and oxygen atoms in total. The third kappa shape index (κ3) is 2.80. The van der Waals surface area contributed by atoms with E-state index in [1.54, 1.807) is 33.5 Å². The molecule has 0 unspecified atom stereocenters. The van der Waals surface area contributed by atoms with Crippen molar-refractivity contribution in [3.63, 3.8) is 0 Å². The highest BCUT2D eigenvalue weighted by Crippen LogP contribution is 2.35. The van der Waals surface area contributed by atoms with Gasteiger partial charge >= 0.3 is 0 Å². The summed E-state index contributed by atoms with van der Waals surface area (Å²) < 4.78 is 21.3. The molecule has 1 aromatic carbocycles. The lowest BCUT2D eigenvalue weighted by atomic mass is 10.1. The van der Waals surface area contributed by atoms with E-state index < -0.39 is 0 Å². The predicted molar refractivity (Wildman–Crippen MR) is 75.3 cm³/mol. The maximum absolute atomic E-state index is 8.41. The zero-order chi connectivity index (χ0) is 14.5. The van der Waals surface area contributed by atoms with Crippen LogP contribution in [-0.2, 0) is 4.74 Å². The van der Waals surface area contributed by atoms with Gasteiger partial charge in [0.15, 0.2) is 0 Å². The molecule has 1 fully saturated rings. The van der Waals surface area contributed by atoms with Crippen LogP contribution in [0.25, 0.3) is 0 Å². The van der Waals surface area contributed by atoms with Gasteiger partial charge in [0.05, 0.1) is 34.5 Å². The maximum atomic E-state index is 8.41. The number of hydrogen-bond acceptors (Lipinski definition) is 5. The molecule has 0 saturated carbocycles. The number of methoxy groups -OCH3 is 3. The minimum Gasteiger partial charge on any atom is -0.496 e. The van der Waals surface area contributed by atoms with Crippen molar-refractivity contribution in [2.75, 3.05) is 47.6 Å². The van der Waals surface area contributed by atoms with Crippen LogP contribution in [0, 0.1) is 5.41 Å². The summed E-state index contributed by atoms with van der Waals surface area (Å²) in [6.07, 6.45) is 0. The zero-order valence-corrected chi connectivity index (χ0v) is 12.1. The minimum absolute atomic E-state index is 0.379. The van der Waals surface area contributed by atoms with Crippen molar-refractivity contribution < 1.29 is 18.9 Å². The first-order chi connectivity index (χ1) is 9.71. The van der Waals surface area contributed by atoms with E-state index in [1.807, 2.05) is 4.90 Å². The summed E-state index contributed by atoms with van der Waals surface area (Å²) in [5.41, 5.74) is 0.637. The molecule has 2 rings (SSSR count). The van der Waals surface area contributed by atoms with Gasteiger partial charge in [-0.3, -0.25) is 5.41 Å². The Bertz CT molecular complexity index is 459. The van der Waals surface area contributed by atoms with Crippen molar-refractivity contribution in [2.24, 2.45) is 0 Å². The molecule has 0 atom stereocenters. The number of nitrogens with zero attached hydrogens (tertiary/aromatic N) is 1. The Hall–Kier alpha value is -1.95. The molecule has 0 amide bonds. The van der Waals surface area contributed by atoms with Crippen LogP contribution in [0.15, 0.2) is 12.1 Å². The second-order valence-electron chi connectivity index (χ2n) is 4.35. The first kappa shape index (κ1) is 14.5. The fourth-order valence-electron chi connectivity index (χ4n) is 2.18. The molecule has 0 spiro atoms. The van der Waals surface area contributed by atoms with Gasteiger partial charge in [-0.1, -0.05) is 0 Å². The van der Waals surface area contributed by atoms with Crippen LogP contribution in [0.3, 0.4) is 0 Å². The van der Waals surface area contributed by atoms with Crippen LogP contribution in [0.4, 0.5) is 0 Å². The monoisotopic (exact) mass is 280 g/mol. The molecule has 20 heavy (non-hydrogen) atoms. The maximum Gasteiger partial charge on any atom is 0.137 e. The summed E-state index contributed by atoms with van der Waals surface area (Å²) in [7, 11) is 4.73. The number of nitrogens with one attached hydrogen (secondary N) is 1. The molecule has 1 aliphatic heterocycles. The molecule has 0 radical (unpaired) electrons. The Morgan fingerprint density at radius 3 is 2.05 bits per heavy atom. The molecule has 1 N–H and O–H groups in total. The Kier molecular flexibility index (Phi) is 4.68. The van der Waals surface area contributed by atoms with Crippen LogP contribution in [0.2, 0.25) is 0 Å². The highest BCUT2D eigenvalue weighted by atomic mass is 16.5. The summed E-state index contributed by atoms with van der Waals surface area (Å²) >= 11 is 0. The van der Waals surface area contributed by atoms with Gasteiger partial charge in [-0.2, -0.15) is 0 Å². The fourth-order valence-corrected chi connectivity index (χ4v) is 2.18. The lowest BCUT2D eigenvalue weighted by molar-refractivity contribution is 0.0678. The molecule has 1 saturated heterocycles. The van der Waals surface area contributed by atoms with Gasteiger partial charge in [-0.05, 0) is 0 Å². The van der Waals surface area contributed by atoms with Crippen molar-refractivity contribution in [3.8, 4) is 17.2 Å². The first-order valence-electron chi connectivity index (χ1n) is 6.43. The van der Waals surface area contributed by atoms with Crippen molar-refractivity contribution in [1.82, 2.24) is 4.90 Å². The Balaban J connectivity index is 2.39. The second-order valence-corrected chi connectivity index (χ2v) is 4.35. The molecule has 0 bridgehead atoms. The Morgan fingerprint density at radius 2 is 1.60 bits per heavy atom. The minimum atomic E-state index is 0.379. The third-order valence-electron chi connectivity index (χ3n) is 3.28. The quantitative estimate of drug-likeness (QED) is 0.666. The fraction of sp³-hybridized carbons (Fsp3) is 0.500. The number of morpholine rings is 1. The van der Waals surface area contributed by atoms with Gasteiger partial charge in [-0.25, -0.2) is 0 Å². The van der Waals surface area contributed by atoms with Gasteiger partial charge < -0.3 is 23.8 Å². The van der Waals surface area contributed by atoms with Crippen molar-refractivity contribution in [2.45, 2.75) is 0 Å². The van der Waals surface area contributed by atoms with E-state index in [9.17, 15) is 0 Å². The molecular weight excluding hydrogens is 260 g/mol. The van der Waals surface area contributed by atoms with Gasteiger partial charge in [0, 0.05) is 25.2 Å². The number of amidine groups is 1. The molecule has 1 aliphatic rings. The van der Waals surface area contributed by atoms with Crippen molar-refractivity contribution in [1.29, 1.82) is 5.41 Å². The normalized spacial score (nSPS) is 14.8. The lowest BCUT2D eigenvalue weighted by Crippen LogP contribution is -2.41. The molecule has 0 aliphatic carbocycles. The second kappa shape index (κ2) is 6.47. The summed E-state index contributed by atoms with van der Waals surface area (Å²) in [6.45, 7) is 2.64. The Labute approximate surface area is 118 Å². The average molecular weight is 280 g/mol. The molecular formula is C14H20N2O4. The van der Waals surface area contributed by atoms with E-state index in [4.69, 9.17) is 24.4 Å². The number of benzene rings is 1. The largest absolute Gasteiger partial charge is 0.496 e. The van der Waals surface area contributed by atoms with Gasteiger partial charge in [0.1, 0.15) is 28.6 Å². The highest BCUT2D eigenvalue weighted by Gasteiger charge is 2.23. The molecule has 0 aromatic heterocycles. The predicted octanol–water partition coefficient (Wildman–Crippen LogP) is 1.37. The molecule has 1 aromatic rings. The topological polar surface area (TPSA) is 64.0 Å². The lowest BCUT2D eigenvalue weighted by Gasteiger charge is -2.30. The van der Waals surface area contributed by atoms with Crippen LogP contribution in [-0.4, -0.2) is 58.4 Å². The SMILES string of the molecule is COc1cc(OC)c(C(=N)N2CCOCC2)c(OC)c1. The number of ether oxygens (including phenoxy) is 4. The van der Waals surface area contributed by atoms with Crippen molar-refractivity contribution in [3.05, 3.63) is 17.7 Å². The van der Waals surface area contributed by atoms with Crippen molar-refractivity contribution >= 4 is 5.84 Å². The van der Waals surface area contributed by atoms with Crippen LogP contribution < -0.4 is 14.2 Å². The average Bonchev–Trinajstić information content (AvgIpc) is 2.53. The number of hydrogen-bond donors (Lipinski definition) is 1. The van der Waals surface area contributed by atoms with Gasteiger partial charge in [0.25, 0.3) is 0 Å². The van der Waals surface area contributed by atoms with E-state index in [0.29, 0.717) is 55.0 Å². The van der Waals surface area contributed by atoms with E-state index in [-0.39, 0.29) is 0 Å².